The van der Waals surface area contributed by atoms with E-state index in [1.54, 1.807) is 19.4 Å². The fourth-order valence-electron chi connectivity index (χ4n) is 1.93. The molecule has 5 heteroatoms. The highest BCUT2D eigenvalue weighted by Crippen LogP contribution is 2.17. The molecular formula is C12H20N2O3. The number of hydrogen-bond donors (Lipinski definition) is 1. The van der Waals surface area contributed by atoms with Crippen molar-refractivity contribution in [3.8, 4) is 0 Å². The summed E-state index contributed by atoms with van der Waals surface area (Å²) in [6.45, 7) is 3.09. The van der Waals surface area contributed by atoms with Crippen LogP contribution in [0.15, 0.2) is 18.7 Å². The Morgan fingerprint density at radius 2 is 2.47 bits per heavy atom. The van der Waals surface area contributed by atoms with E-state index in [9.17, 15) is 5.11 Å². The Morgan fingerprint density at radius 3 is 3.06 bits per heavy atom. The summed E-state index contributed by atoms with van der Waals surface area (Å²) in [6.07, 6.45) is 7.48. The van der Waals surface area contributed by atoms with Crippen molar-refractivity contribution in [2.75, 3.05) is 6.61 Å². The Morgan fingerprint density at radius 1 is 1.59 bits per heavy atom. The topological polar surface area (TPSA) is 56.5 Å². The Hall–Kier alpha value is -0.910. The zero-order valence-corrected chi connectivity index (χ0v) is 10.2. The number of aliphatic hydroxyl groups is 1. The van der Waals surface area contributed by atoms with E-state index in [-0.39, 0.29) is 12.4 Å². The minimum atomic E-state index is -0.525. The van der Waals surface area contributed by atoms with E-state index in [1.807, 2.05) is 10.8 Å². The van der Waals surface area contributed by atoms with Crippen LogP contribution in [0.5, 0.6) is 0 Å². The van der Waals surface area contributed by atoms with Gasteiger partial charge in [0.25, 0.3) is 0 Å². The molecular weight excluding hydrogens is 220 g/mol. The van der Waals surface area contributed by atoms with Crippen LogP contribution in [0.25, 0.3) is 0 Å². The molecule has 0 amide bonds. The largest absolute Gasteiger partial charge is 0.391 e. The van der Waals surface area contributed by atoms with Gasteiger partial charge in [-0.1, -0.05) is 0 Å². The van der Waals surface area contributed by atoms with Crippen molar-refractivity contribution in [2.24, 2.45) is 0 Å². The van der Waals surface area contributed by atoms with Gasteiger partial charge in [0.15, 0.2) is 6.29 Å². The molecule has 0 radical (unpaired) electrons. The first-order valence-electron chi connectivity index (χ1n) is 6.16. The molecule has 0 spiro atoms. The summed E-state index contributed by atoms with van der Waals surface area (Å²) in [5.74, 6) is 0. The van der Waals surface area contributed by atoms with E-state index in [0.717, 1.165) is 25.9 Å². The van der Waals surface area contributed by atoms with E-state index < -0.39 is 6.10 Å². The van der Waals surface area contributed by atoms with Crippen LogP contribution in [0, 0.1) is 0 Å². The van der Waals surface area contributed by atoms with Crippen molar-refractivity contribution in [3.63, 3.8) is 0 Å². The maximum atomic E-state index is 9.73. The molecule has 96 valence electrons. The summed E-state index contributed by atoms with van der Waals surface area (Å²) in [5, 5.41) is 9.73. The standard InChI is InChI=1S/C12H20N2O3/c1-10(15)11(8-14-6-5-13-9-14)17-12-4-2-3-7-16-12/h5-6,9-12,15H,2-4,7-8H2,1H3. The zero-order chi connectivity index (χ0) is 12.1. The lowest BCUT2D eigenvalue weighted by molar-refractivity contribution is -0.207. The highest BCUT2D eigenvalue weighted by Gasteiger charge is 2.23. The number of nitrogens with zero attached hydrogens (tertiary/aromatic N) is 2. The average molecular weight is 240 g/mol. The first-order chi connectivity index (χ1) is 8.25. The quantitative estimate of drug-likeness (QED) is 0.839. The average Bonchev–Trinajstić information content (AvgIpc) is 2.82. The van der Waals surface area contributed by atoms with Gasteiger partial charge in [-0.05, 0) is 26.2 Å². The predicted molar refractivity (Wildman–Crippen MR) is 62.4 cm³/mol. The van der Waals surface area contributed by atoms with Crippen LogP contribution in [0.2, 0.25) is 0 Å². The highest BCUT2D eigenvalue weighted by atomic mass is 16.7. The lowest BCUT2D eigenvalue weighted by Gasteiger charge is -2.29. The molecule has 0 saturated carbocycles. The number of aliphatic hydroxyl groups excluding tert-OH is 1. The summed E-state index contributed by atoms with van der Waals surface area (Å²) in [5.41, 5.74) is 0. The van der Waals surface area contributed by atoms with E-state index in [2.05, 4.69) is 4.98 Å². The van der Waals surface area contributed by atoms with Crippen molar-refractivity contribution in [1.82, 2.24) is 9.55 Å². The maximum absolute atomic E-state index is 9.73. The minimum absolute atomic E-state index is 0.174. The van der Waals surface area contributed by atoms with Crippen molar-refractivity contribution < 1.29 is 14.6 Å². The second-order valence-electron chi connectivity index (χ2n) is 4.47. The van der Waals surface area contributed by atoms with Crippen LogP contribution in [-0.4, -0.2) is 39.8 Å². The van der Waals surface area contributed by atoms with Gasteiger partial charge in [0, 0.05) is 19.0 Å². The number of rotatable bonds is 5. The molecule has 1 saturated heterocycles. The molecule has 3 unspecified atom stereocenters. The molecule has 17 heavy (non-hydrogen) atoms. The van der Waals surface area contributed by atoms with Gasteiger partial charge in [0.1, 0.15) is 6.10 Å². The van der Waals surface area contributed by atoms with Crippen LogP contribution in [0.3, 0.4) is 0 Å². The molecule has 2 heterocycles. The van der Waals surface area contributed by atoms with E-state index >= 15 is 0 Å². The smallest absolute Gasteiger partial charge is 0.158 e. The molecule has 1 aromatic rings. The molecule has 1 aliphatic heterocycles. The zero-order valence-electron chi connectivity index (χ0n) is 10.2. The molecule has 1 N–H and O–H groups in total. The van der Waals surface area contributed by atoms with Gasteiger partial charge >= 0.3 is 0 Å². The van der Waals surface area contributed by atoms with Crippen molar-refractivity contribution in [1.29, 1.82) is 0 Å². The Balaban J connectivity index is 1.87. The lowest BCUT2D eigenvalue weighted by atomic mass is 10.2. The fourth-order valence-corrected chi connectivity index (χ4v) is 1.93. The third kappa shape index (κ3) is 3.80. The van der Waals surface area contributed by atoms with E-state index in [1.165, 1.54) is 0 Å². The van der Waals surface area contributed by atoms with Gasteiger partial charge in [-0.3, -0.25) is 0 Å². The molecule has 1 fully saturated rings. The van der Waals surface area contributed by atoms with Crippen LogP contribution >= 0.6 is 0 Å². The number of hydrogen-bond acceptors (Lipinski definition) is 4. The third-order valence-electron chi connectivity index (χ3n) is 2.95. The van der Waals surface area contributed by atoms with Gasteiger partial charge in [-0.25, -0.2) is 4.98 Å². The molecule has 0 aromatic carbocycles. The molecule has 0 bridgehead atoms. The van der Waals surface area contributed by atoms with Crippen LogP contribution in [0.1, 0.15) is 26.2 Å². The van der Waals surface area contributed by atoms with Gasteiger partial charge in [0.05, 0.1) is 19.0 Å². The number of ether oxygens (including phenoxy) is 2. The first-order valence-corrected chi connectivity index (χ1v) is 6.16. The van der Waals surface area contributed by atoms with Crippen molar-refractivity contribution >= 4 is 0 Å². The second kappa shape index (κ2) is 6.14. The SMILES string of the molecule is CC(O)C(Cn1ccnc1)OC1CCCCO1. The Kier molecular flexibility index (Phi) is 4.53. The molecule has 2 rings (SSSR count). The molecule has 3 atom stereocenters. The summed E-state index contributed by atoms with van der Waals surface area (Å²) < 4.78 is 13.2. The van der Waals surface area contributed by atoms with E-state index in [4.69, 9.17) is 9.47 Å². The van der Waals surface area contributed by atoms with Crippen LogP contribution < -0.4 is 0 Å². The highest BCUT2D eigenvalue weighted by molar-refractivity contribution is 4.78. The van der Waals surface area contributed by atoms with E-state index in [0.29, 0.717) is 6.54 Å². The predicted octanol–water partition coefficient (Wildman–Crippen LogP) is 1.18. The fraction of sp³-hybridized carbons (Fsp3) is 0.750. The van der Waals surface area contributed by atoms with Crippen LogP contribution in [-0.2, 0) is 16.0 Å². The minimum Gasteiger partial charge on any atom is -0.391 e. The van der Waals surface area contributed by atoms with Crippen molar-refractivity contribution in [3.05, 3.63) is 18.7 Å². The van der Waals surface area contributed by atoms with Gasteiger partial charge in [0.2, 0.25) is 0 Å². The monoisotopic (exact) mass is 240 g/mol. The van der Waals surface area contributed by atoms with Crippen molar-refractivity contribution in [2.45, 2.75) is 51.2 Å². The number of aromatic nitrogens is 2. The van der Waals surface area contributed by atoms with Gasteiger partial charge < -0.3 is 19.1 Å². The maximum Gasteiger partial charge on any atom is 0.158 e. The third-order valence-corrected chi connectivity index (χ3v) is 2.95. The summed E-state index contributed by atoms with van der Waals surface area (Å²) in [6, 6.07) is 0. The number of imidazole rings is 1. The molecule has 1 aromatic heterocycles. The normalized spacial score (nSPS) is 24.5. The molecule has 0 aliphatic carbocycles. The lowest BCUT2D eigenvalue weighted by Crippen LogP contribution is -2.36. The second-order valence-corrected chi connectivity index (χ2v) is 4.47. The van der Waals surface area contributed by atoms with Gasteiger partial charge in [-0.15, -0.1) is 0 Å². The summed E-state index contributed by atoms with van der Waals surface area (Å²) in [7, 11) is 0. The summed E-state index contributed by atoms with van der Waals surface area (Å²) in [4.78, 5) is 3.98. The Bertz CT molecular complexity index is 308. The molecule has 5 nitrogen and oxygen atoms in total. The first kappa shape index (κ1) is 12.5. The van der Waals surface area contributed by atoms with Gasteiger partial charge in [-0.2, -0.15) is 0 Å². The summed E-state index contributed by atoms with van der Waals surface area (Å²) >= 11 is 0. The molecule has 1 aliphatic rings. The van der Waals surface area contributed by atoms with Crippen LogP contribution in [0.4, 0.5) is 0 Å². The Labute approximate surface area is 101 Å².